The summed E-state index contributed by atoms with van der Waals surface area (Å²) in [4.78, 5) is 13.2. The van der Waals surface area contributed by atoms with E-state index >= 15 is 0 Å². The molecule has 4 heteroatoms. The lowest BCUT2D eigenvalue weighted by atomic mass is 10.1. The van der Waals surface area contributed by atoms with Crippen LogP contribution in [0.5, 0.6) is 0 Å². The van der Waals surface area contributed by atoms with Gasteiger partial charge in [-0.3, -0.25) is 0 Å². The number of nitrogens with zero attached hydrogens (tertiary/aromatic N) is 1. The van der Waals surface area contributed by atoms with E-state index in [9.17, 15) is 4.79 Å². The van der Waals surface area contributed by atoms with Gasteiger partial charge in [0.1, 0.15) is 0 Å². The Balaban J connectivity index is 1.83. The van der Waals surface area contributed by atoms with Crippen LogP contribution in [0.3, 0.4) is 0 Å². The molecule has 1 aliphatic rings. The molecule has 1 saturated heterocycles. The molecule has 1 aromatic carbocycles. The first-order valence-corrected chi connectivity index (χ1v) is 6.16. The highest BCUT2D eigenvalue weighted by atomic mass is 16.2. The van der Waals surface area contributed by atoms with E-state index in [1.165, 1.54) is 11.3 Å². The minimum atomic E-state index is 0.0515. The van der Waals surface area contributed by atoms with Crippen LogP contribution < -0.4 is 10.6 Å². The van der Waals surface area contributed by atoms with Crippen molar-refractivity contribution in [2.75, 3.05) is 31.5 Å². The van der Waals surface area contributed by atoms with Gasteiger partial charge in [-0.2, -0.15) is 0 Å². The van der Waals surface area contributed by atoms with Crippen molar-refractivity contribution in [1.29, 1.82) is 0 Å². The van der Waals surface area contributed by atoms with Gasteiger partial charge in [-0.05, 0) is 18.1 Å². The number of hydrogen-bond donors (Lipinski definition) is 2. The number of carbonyl (C=O) groups excluding carboxylic acids is 1. The number of hydrogen-bond acceptors (Lipinski definition) is 2. The molecule has 0 unspecified atom stereocenters. The summed E-state index contributed by atoms with van der Waals surface area (Å²) in [6, 6.07) is 8.35. The maximum atomic E-state index is 11.3. The van der Waals surface area contributed by atoms with E-state index in [2.05, 4.69) is 35.8 Å². The van der Waals surface area contributed by atoms with Crippen LogP contribution in [0.15, 0.2) is 24.3 Å². The molecule has 0 bridgehead atoms. The van der Waals surface area contributed by atoms with Crippen LogP contribution in [-0.4, -0.2) is 37.1 Å². The number of nitrogens with one attached hydrogen (secondary N) is 2. The van der Waals surface area contributed by atoms with Gasteiger partial charge in [0.05, 0.1) is 0 Å². The Bertz CT molecular complexity index is 392. The number of benzene rings is 1. The van der Waals surface area contributed by atoms with Gasteiger partial charge >= 0.3 is 6.03 Å². The molecule has 2 amide bonds. The number of aryl methyl sites for hydroxylation is 1. The van der Waals surface area contributed by atoms with E-state index in [1.807, 2.05) is 11.0 Å². The van der Waals surface area contributed by atoms with Gasteiger partial charge in [-0.25, -0.2) is 4.79 Å². The molecule has 0 aromatic heterocycles. The summed E-state index contributed by atoms with van der Waals surface area (Å²) < 4.78 is 0. The van der Waals surface area contributed by atoms with Crippen LogP contribution in [0.1, 0.15) is 12.5 Å². The molecule has 0 aliphatic carbocycles. The van der Waals surface area contributed by atoms with Crippen LogP contribution in [0.2, 0.25) is 0 Å². The van der Waals surface area contributed by atoms with Gasteiger partial charge in [-0.1, -0.05) is 25.1 Å². The van der Waals surface area contributed by atoms with Crippen molar-refractivity contribution in [2.24, 2.45) is 0 Å². The molecular formula is C13H19N3O. The molecule has 92 valence electrons. The van der Waals surface area contributed by atoms with Crippen molar-refractivity contribution in [1.82, 2.24) is 10.2 Å². The first kappa shape index (κ1) is 11.8. The third-order valence-corrected chi connectivity index (χ3v) is 3.04. The highest BCUT2D eigenvalue weighted by molar-refractivity contribution is 5.76. The number of anilines is 1. The molecule has 0 spiro atoms. The summed E-state index contributed by atoms with van der Waals surface area (Å²) in [5, 5.41) is 6.19. The molecule has 2 rings (SSSR count). The topological polar surface area (TPSA) is 44.4 Å². The maximum absolute atomic E-state index is 11.3. The second kappa shape index (κ2) is 5.57. The average Bonchev–Trinajstić information content (AvgIpc) is 2.76. The second-order valence-corrected chi connectivity index (χ2v) is 4.16. The number of para-hydroxylation sites is 1. The Hall–Kier alpha value is -1.71. The van der Waals surface area contributed by atoms with Crippen LogP contribution in [0.4, 0.5) is 10.5 Å². The standard InChI is InChI=1S/C13H19N3O/c1-2-11-5-3-4-6-12(11)14-7-9-16-10-8-15-13(16)17/h3-6,14H,2,7-10H2,1H3,(H,15,17). The number of urea groups is 1. The summed E-state index contributed by atoms with van der Waals surface area (Å²) in [5.41, 5.74) is 2.49. The number of amides is 2. The van der Waals surface area contributed by atoms with E-state index in [-0.39, 0.29) is 6.03 Å². The zero-order valence-electron chi connectivity index (χ0n) is 10.2. The van der Waals surface area contributed by atoms with Crippen LogP contribution in [-0.2, 0) is 6.42 Å². The largest absolute Gasteiger partial charge is 0.383 e. The summed E-state index contributed by atoms with van der Waals surface area (Å²) in [5.74, 6) is 0. The van der Waals surface area contributed by atoms with Gasteiger partial charge in [-0.15, -0.1) is 0 Å². The predicted octanol–water partition coefficient (Wildman–Crippen LogP) is 1.69. The molecule has 2 N–H and O–H groups in total. The monoisotopic (exact) mass is 233 g/mol. The van der Waals surface area contributed by atoms with E-state index in [4.69, 9.17) is 0 Å². The van der Waals surface area contributed by atoms with Gasteiger partial charge in [0, 0.05) is 31.9 Å². The highest BCUT2D eigenvalue weighted by Crippen LogP contribution is 2.14. The van der Waals surface area contributed by atoms with Crippen molar-refractivity contribution in [3.05, 3.63) is 29.8 Å². The van der Waals surface area contributed by atoms with Crippen molar-refractivity contribution in [3.8, 4) is 0 Å². The van der Waals surface area contributed by atoms with E-state index in [0.29, 0.717) is 0 Å². The van der Waals surface area contributed by atoms with Gasteiger partial charge in [0.25, 0.3) is 0 Å². The normalized spacial score (nSPS) is 14.9. The SMILES string of the molecule is CCc1ccccc1NCCN1CCNC1=O. The van der Waals surface area contributed by atoms with E-state index < -0.39 is 0 Å². The summed E-state index contributed by atoms with van der Waals surface area (Å²) in [6.07, 6.45) is 1.02. The quantitative estimate of drug-likeness (QED) is 0.812. The predicted molar refractivity (Wildman–Crippen MR) is 69.3 cm³/mol. The minimum absolute atomic E-state index is 0.0515. The third-order valence-electron chi connectivity index (χ3n) is 3.04. The summed E-state index contributed by atoms with van der Waals surface area (Å²) in [6.45, 7) is 5.28. The van der Waals surface area contributed by atoms with Gasteiger partial charge < -0.3 is 15.5 Å². The molecule has 4 nitrogen and oxygen atoms in total. The molecule has 0 saturated carbocycles. The Morgan fingerprint density at radius 3 is 2.94 bits per heavy atom. The fourth-order valence-corrected chi connectivity index (χ4v) is 2.05. The van der Waals surface area contributed by atoms with Crippen LogP contribution in [0, 0.1) is 0 Å². The molecule has 1 aromatic rings. The van der Waals surface area contributed by atoms with Gasteiger partial charge in [0.15, 0.2) is 0 Å². The Kier molecular flexibility index (Phi) is 3.85. The van der Waals surface area contributed by atoms with Crippen molar-refractivity contribution in [3.63, 3.8) is 0 Å². The molecule has 1 heterocycles. The molecule has 1 aliphatic heterocycles. The van der Waals surface area contributed by atoms with E-state index in [0.717, 1.165) is 32.6 Å². The molecular weight excluding hydrogens is 214 g/mol. The zero-order chi connectivity index (χ0) is 12.1. The lowest BCUT2D eigenvalue weighted by Gasteiger charge is -2.16. The number of rotatable bonds is 5. The Morgan fingerprint density at radius 2 is 2.24 bits per heavy atom. The first-order chi connectivity index (χ1) is 8.31. The fraction of sp³-hybridized carbons (Fsp3) is 0.462. The number of carbonyl (C=O) groups is 1. The summed E-state index contributed by atoms with van der Waals surface area (Å²) in [7, 11) is 0. The van der Waals surface area contributed by atoms with Crippen molar-refractivity contribution in [2.45, 2.75) is 13.3 Å². The average molecular weight is 233 g/mol. The molecule has 0 atom stereocenters. The third kappa shape index (κ3) is 2.90. The van der Waals surface area contributed by atoms with Crippen molar-refractivity contribution >= 4 is 11.7 Å². The molecule has 17 heavy (non-hydrogen) atoms. The smallest absolute Gasteiger partial charge is 0.317 e. The van der Waals surface area contributed by atoms with E-state index in [1.54, 1.807) is 0 Å². The Labute approximate surface area is 102 Å². The summed E-state index contributed by atoms with van der Waals surface area (Å²) >= 11 is 0. The van der Waals surface area contributed by atoms with Crippen LogP contribution in [0.25, 0.3) is 0 Å². The van der Waals surface area contributed by atoms with Crippen LogP contribution >= 0.6 is 0 Å². The van der Waals surface area contributed by atoms with Gasteiger partial charge in [0.2, 0.25) is 0 Å². The lowest BCUT2D eigenvalue weighted by Crippen LogP contribution is -2.32. The molecule has 0 radical (unpaired) electrons. The maximum Gasteiger partial charge on any atom is 0.317 e. The fourth-order valence-electron chi connectivity index (χ4n) is 2.05. The zero-order valence-corrected chi connectivity index (χ0v) is 10.2. The Morgan fingerprint density at radius 1 is 1.41 bits per heavy atom. The molecule has 1 fully saturated rings. The second-order valence-electron chi connectivity index (χ2n) is 4.16. The van der Waals surface area contributed by atoms with Crippen molar-refractivity contribution < 1.29 is 4.79 Å². The minimum Gasteiger partial charge on any atom is -0.383 e. The highest BCUT2D eigenvalue weighted by Gasteiger charge is 2.18. The first-order valence-electron chi connectivity index (χ1n) is 6.16. The lowest BCUT2D eigenvalue weighted by molar-refractivity contribution is 0.219.